The standard InChI is InChI=1S/C9H16O3S2/c1-14-8(13)11-3-7-2-9(12-4-7)5-10-6-9/h7H,2-6,14H2,1H3. The van der Waals surface area contributed by atoms with Gasteiger partial charge in [-0.2, -0.15) is 11.8 Å². The van der Waals surface area contributed by atoms with Crippen LogP contribution >= 0.6 is 24.0 Å². The smallest absolute Gasteiger partial charge is 0.196 e. The molecule has 82 valence electrons. The summed E-state index contributed by atoms with van der Waals surface area (Å²) in [5.74, 6) is 0.494. The molecule has 0 N–H and O–H groups in total. The molecule has 0 saturated carbocycles. The SMILES string of the molecule is C[SH2]C(=S)OCC1COC2(COC2)C1. The molecule has 0 aromatic carbocycles. The van der Waals surface area contributed by atoms with Gasteiger partial charge in [0.05, 0.1) is 26.4 Å². The molecule has 5 heteroatoms. The quantitative estimate of drug-likeness (QED) is 0.666. The van der Waals surface area contributed by atoms with Gasteiger partial charge in [0.2, 0.25) is 0 Å². The summed E-state index contributed by atoms with van der Waals surface area (Å²) in [5.41, 5.74) is 0.0319. The van der Waals surface area contributed by atoms with Crippen molar-refractivity contribution in [3.63, 3.8) is 0 Å². The van der Waals surface area contributed by atoms with Crippen molar-refractivity contribution in [3.05, 3.63) is 0 Å². The Kier molecular flexibility index (Phi) is 3.31. The highest BCUT2D eigenvalue weighted by Gasteiger charge is 2.46. The highest BCUT2D eigenvalue weighted by molar-refractivity contribution is 8.22. The van der Waals surface area contributed by atoms with Gasteiger partial charge in [0.25, 0.3) is 0 Å². The Balaban J connectivity index is 1.71. The van der Waals surface area contributed by atoms with Crippen molar-refractivity contribution in [3.8, 4) is 0 Å². The zero-order chi connectivity index (χ0) is 10.0. The molecule has 2 saturated heterocycles. The highest BCUT2D eigenvalue weighted by Crippen LogP contribution is 2.36. The molecule has 1 spiro atoms. The minimum absolute atomic E-state index is 0.0319. The van der Waals surface area contributed by atoms with Crippen LogP contribution in [0, 0.1) is 5.92 Å². The molecule has 0 aromatic rings. The van der Waals surface area contributed by atoms with Gasteiger partial charge in [-0.1, -0.05) is 0 Å². The molecule has 14 heavy (non-hydrogen) atoms. The number of hydrogen-bond acceptors (Lipinski definition) is 4. The van der Waals surface area contributed by atoms with Crippen LogP contribution < -0.4 is 0 Å². The first-order chi connectivity index (χ1) is 6.74. The van der Waals surface area contributed by atoms with Crippen molar-refractivity contribution < 1.29 is 14.2 Å². The molecule has 2 fully saturated rings. The average molecular weight is 236 g/mol. The minimum Gasteiger partial charge on any atom is -0.480 e. The summed E-state index contributed by atoms with van der Waals surface area (Å²) in [4.78, 5) is 0. The molecule has 2 rings (SSSR count). The molecule has 0 bridgehead atoms. The molecule has 0 aromatic heterocycles. The Hall–Kier alpha value is 0.160. The Morgan fingerprint density at radius 2 is 2.43 bits per heavy atom. The molecule has 2 aliphatic rings. The summed E-state index contributed by atoms with van der Waals surface area (Å²) in [7, 11) is 0. The summed E-state index contributed by atoms with van der Waals surface area (Å²) in [6.07, 6.45) is 3.09. The van der Waals surface area contributed by atoms with Gasteiger partial charge in [0.1, 0.15) is 5.60 Å². The van der Waals surface area contributed by atoms with E-state index in [1.807, 2.05) is 6.26 Å². The van der Waals surface area contributed by atoms with Gasteiger partial charge in [-0.25, -0.2) is 0 Å². The fraction of sp³-hybridized carbons (Fsp3) is 0.889. The van der Waals surface area contributed by atoms with E-state index in [0.717, 1.165) is 30.6 Å². The van der Waals surface area contributed by atoms with Crippen LogP contribution in [0.3, 0.4) is 0 Å². The van der Waals surface area contributed by atoms with Crippen molar-refractivity contribution in [1.29, 1.82) is 0 Å². The van der Waals surface area contributed by atoms with Crippen molar-refractivity contribution in [2.24, 2.45) is 5.92 Å². The summed E-state index contributed by atoms with van der Waals surface area (Å²) in [6, 6.07) is 0. The molecule has 2 heterocycles. The van der Waals surface area contributed by atoms with E-state index >= 15 is 0 Å². The van der Waals surface area contributed by atoms with Gasteiger partial charge in [0.15, 0.2) is 4.38 Å². The Labute approximate surface area is 93.5 Å². The largest absolute Gasteiger partial charge is 0.480 e. The van der Waals surface area contributed by atoms with Crippen LogP contribution in [0.5, 0.6) is 0 Å². The van der Waals surface area contributed by atoms with Crippen molar-refractivity contribution in [2.75, 3.05) is 32.7 Å². The maximum absolute atomic E-state index is 5.71. The van der Waals surface area contributed by atoms with Crippen LogP contribution in [0.2, 0.25) is 0 Å². The van der Waals surface area contributed by atoms with E-state index in [-0.39, 0.29) is 5.60 Å². The van der Waals surface area contributed by atoms with E-state index in [0.29, 0.717) is 24.3 Å². The first-order valence-electron chi connectivity index (χ1n) is 4.80. The molecule has 0 radical (unpaired) electrons. The first kappa shape index (κ1) is 10.7. The molecule has 1 atom stereocenters. The molecule has 0 amide bonds. The molecule has 0 aliphatic carbocycles. The number of rotatable bonds is 2. The third-order valence-electron chi connectivity index (χ3n) is 2.67. The van der Waals surface area contributed by atoms with Gasteiger partial charge in [-0.15, -0.1) is 0 Å². The lowest BCUT2D eigenvalue weighted by atomic mass is 9.93. The lowest BCUT2D eigenvalue weighted by Crippen LogP contribution is -2.49. The topological polar surface area (TPSA) is 27.7 Å². The van der Waals surface area contributed by atoms with Crippen LogP contribution in [0.25, 0.3) is 0 Å². The maximum Gasteiger partial charge on any atom is 0.196 e. The lowest BCUT2D eigenvalue weighted by Gasteiger charge is -2.36. The van der Waals surface area contributed by atoms with E-state index in [1.165, 1.54) is 0 Å². The van der Waals surface area contributed by atoms with E-state index in [9.17, 15) is 0 Å². The fourth-order valence-corrected chi connectivity index (χ4v) is 2.14. The van der Waals surface area contributed by atoms with Crippen LogP contribution in [-0.4, -0.2) is 42.7 Å². The highest BCUT2D eigenvalue weighted by atomic mass is 32.2. The van der Waals surface area contributed by atoms with E-state index in [1.54, 1.807) is 0 Å². The minimum atomic E-state index is 0.0319. The monoisotopic (exact) mass is 236 g/mol. The van der Waals surface area contributed by atoms with Crippen LogP contribution in [-0.2, 0) is 14.2 Å². The zero-order valence-electron chi connectivity index (χ0n) is 8.25. The van der Waals surface area contributed by atoms with E-state index in [2.05, 4.69) is 0 Å². The fourth-order valence-electron chi connectivity index (χ4n) is 1.84. The molecular formula is C9H16O3S2. The van der Waals surface area contributed by atoms with Crippen LogP contribution in [0.4, 0.5) is 0 Å². The lowest BCUT2D eigenvalue weighted by molar-refractivity contribution is -0.184. The predicted octanol–water partition coefficient (Wildman–Crippen LogP) is 0.921. The van der Waals surface area contributed by atoms with Gasteiger partial charge in [-0.05, 0) is 24.9 Å². The normalized spacial score (nSPS) is 30.2. The summed E-state index contributed by atoms with van der Waals surface area (Å²) in [6.45, 7) is 3.01. The zero-order valence-corrected chi connectivity index (χ0v) is 10.1. The van der Waals surface area contributed by atoms with Crippen LogP contribution in [0.1, 0.15) is 6.42 Å². The average Bonchev–Trinajstić information content (AvgIpc) is 2.58. The van der Waals surface area contributed by atoms with E-state index in [4.69, 9.17) is 26.4 Å². The second-order valence-corrected chi connectivity index (χ2v) is 5.59. The number of hydrogen-bond donors (Lipinski definition) is 0. The second kappa shape index (κ2) is 4.35. The summed E-state index contributed by atoms with van der Waals surface area (Å²) in [5, 5.41) is 0. The number of ether oxygens (including phenoxy) is 3. The Bertz CT molecular complexity index is 228. The molecule has 3 nitrogen and oxygen atoms in total. The van der Waals surface area contributed by atoms with Crippen molar-refractivity contribution in [1.82, 2.24) is 0 Å². The molecular weight excluding hydrogens is 220 g/mol. The number of thiocarbonyl (C=S) groups is 1. The maximum atomic E-state index is 5.71. The van der Waals surface area contributed by atoms with Crippen LogP contribution in [0.15, 0.2) is 0 Å². The van der Waals surface area contributed by atoms with Crippen molar-refractivity contribution >= 4 is 28.4 Å². The van der Waals surface area contributed by atoms with Gasteiger partial charge in [0, 0.05) is 5.92 Å². The van der Waals surface area contributed by atoms with Gasteiger partial charge in [-0.3, -0.25) is 0 Å². The van der Waals surface area contributed by atoms with E-state index < -0.39 is 0 Å². The van der Waals surface area contributed by atoms with Gasteiger partial charge < -0.3 is 14.2 Å². The predicted molar refractivity (Wildman–Crippen MR) is 62.5 cm³/mol. The Morgan fingerprint density at radius 1 is 1.64 bits per heavy atom. The van der Waals surface area contributed by atoms with Crippen molar-refractivity contribution in [2.45, 2.75) is 12.0 Å². The molecule has 2 aliphatic heterocycles. The summed E-state index contributed by atoms with van der Waals surface area (Å²) < 4.78 is 17.1. The third kappa shape index (κ3) is 2.21. The third-order valence-corrected chi connectivity index (χ3v) is 3.95. The second-order valence-electron chi connectivity index (χ2n) is 3.91. The Morgan fingerprint density at radius 3 is 2.93 bits per heavy atom. The first-order valence-corrected chi connectivity index (χ1v) is 6.71. The van der Waals surface area contributed by atoms with Gasteiger partial charge >= 0.3 is 0 Å². The summed E-state index contributed by atoms with van der Waals surface area (Å²) >= 11 is 5.61. The molecule has 1 unspecified atom stereocenters.